The van der Waals surface area contributed by atoms with Gasteiger partial charge in [0, 0.05) is 34.7 Å². The van der Waals surface area contributed by atoms with Gasteiger partial charge in [0.25, 0.3) is 0 Å². The van der Waals surface area contributed by atoms with E-state index >= 15 is 0 Å². The fourth-order valence-electron chi connectivity index (χ4n) is 3.90. The third-order valence-electron chi connectivity index (χ3n) is 5.46. The van der Waals surface area contributed by atoms with E-state index < -0.39 is 15.1 Å². The molecule has 3 heterocycles. The minimum Gasteiger partial charge on any atom is -0.576 e. The van der Waals surface area contributed by atoms with Crippen LogP contribution in [0.15, 0.2) is 110 Å². The SMILES string of the molecule is c1cnc2c([O][Al]([O]c3cccc4cccnc34)[O]c3cccc4cccnc34)cccc2c1. The minimum atomic E-state index is -2.86. The maximum absolute atomic E-state index is 6.41. The zero-order valence-corrected chi connectivity index (χ0v) is 19.2. The van der Waals surface area contributed by atoms with E-state index in [1.54, 1.807) is 18.6 Å². The normalized spacial score (nSPS) is 10.9. The Morgan fingerprint density at radius 1 is 0.412 bits per heavy atom. The minimum absolute atomic E-state index is 0.608. The molecule has 3 aromatic carbocycles. The van der Waals surface area contributed by atoms with Crippen LogP contribution >= 0.6 is 0 Å². The number of fused-ring (bicyclic) bond motifs is 3. The number of nitrogens with zero attached hydrogens (tertiary/aromatic N) is 3. The van der Waals surface area contributed by atoms with Crippen molar-refractivity contribution in [1.29, 1.82) is 0 Å². The van der Waals surface area contributed by atoms with E-state index in [0.717, 1.165) is 32.7 Å². The Morgan fingerprint density at radius 2 is 0.735 bits per heavy atom. The molecule has 0 fully saturated rings. The van der Waals surface area contributed by atoms with Crippen LogP contribution in [0.1, 0.15) is 0 Å². The number of hydrogen-bond donors (Lipinski definition) is 0. The lowest BCUT2D eigenvalue weighted by atomic mass is 10.2. The van der Waals surface area contributed by atoms with Crippen LogP contribution < -0.4 is 11.4 Å². The molecule has 6 aromatic rings. The quantitative estimate of drug-likeness (QED) is 0.291. The highest BCUT2D eigenvalue weighted by molar-refractivity contribution is 6.40. The summed E-state index contributed by atoms with van der Waals surface area (Å²) in [5, 5.41) is 2.93. The lowest BCUT2D eigenvalue weighted by Crippen LogP contribution is -2.37. The van der Waals surface area contributed by atoms with Crippen LogP contribution in [0, 0.1) is 0 Å². The summed E-state index contributed by atoms with van der Waals surface area (Å²) >= 11 is -2.86. The van der Waals surface area contributed by atoms with Crippen LogP contribution in [0.5, 0.6) is 17.2 Å². The van der Waals surface area contributed by atoms with Crippen molar-refractivity contribution in [2.45, 2.75) is 0 Å². The monoisotopic (exact) mass is 459 g/mol. The molecule has 0 saturated carbocycles. The highest BCUT2D eigenvalue weighted by atomic mass is 27.3. The van der Waals surface area contributed by atoms with Crippen molar-refractivity contribution in [2.75, 3.05) is 0 Å². The Balaban J connectivity index is 1.42. The molecule has 162 valence electrons. The van der Waals surface area contributed by atoms with E-state index in [4.69, 9.17) is 11.4 Å². The summed E-state index contributed by atoms with van der Waals surface area (Å²) in [4.78, 5) is 13.5. The summed E-state index contributed by atoms with van der Waals surface area (Å²) < 4.78 is 19.2. The Morgan fingerprint density at radius 3 is 1.09 bits per heavy atom. The van der Waals surface area contributed by atoms with E-state index in [1.807, 2.05) is 91.0 Å². The number of para-hydroxylation sites is 3. The number of aromatic nitrogens is 3. The molecule has 34 heavy (non-hydrogen) atoms. The second kappa shape index (κ2) is 8.99. The van der Waals surface area contributed by atoms with Crippen molar-refractivity contribution >= 4 is 47.9 Å². The van der Waals surface area contributed by atoms with Crippen LogP contribution in [-0.2, 0) is 0 Å². The molecule has 0 N–H and O–H groups in total. The Kier molecular flexibility index (Phi) is 5.40. The fraction of sp³-hybridized carbons (Fsp3) is 0. The summed E-state index contributed by atoms with van der Waals surface area (Å²) in [6.07, 6.45) is 5.24. The molecule has 0 radical (unpaired) electrons. The Bertz CT molecular complexity index is 1420. The van der Waals surface area contributed by atoms with Crippen molar-refractivity contribution in [1.82, 2.24) is 15.0 Å². The largest absolute Gasteiger partial charge is 1.20 e. The van der Waals surface area contributed by atoms with Crippen molar-refractivity contribution < 1.29 is 11.4 Å². The smallest absolute Gasteiger partial charge is 0.576 e. The second-order valence-electron chi connectivity index (χ2n) is 7.64. The zero-order valence-electron chi connectivity index (χ0n) is 18.0. The van der Waals surface area contributed by atoms with Gasteiger partial charge in [-0.3, -0.25) is 15.0 Å². The van der Waals surface area contributed by atoms with E-state index in [1.165, 1.54) is 0 Å². The summed E-state index contributed by atoms with van der Waals surface area (Å²) in [5.41, 5.74) is 2.25. The Hall–Kier alpha value is -4.18. The van der Waals surface area contributed by atoms with Crippen LogP contribution in [0.3, 0.4) is 0 Å². The molecule has 3 aromatic heterocycles. The van der Waals surface area contributed by atoms with Crippen LogP contribution in [0.25, 0.3) is 32.7 Å². The van der Waals surface area contributed by atoms with Gasteiger partial charge in [0.2, 0.25) is 0 Å². The van der Waals surface area contributed by atoms with E-state index in [-0.39, 0.29) is 0 Å². The molecular weight excluding hydrogens is 441 g/mol. The van der Waals surface area contributed by atoms with E-state index in [0.29, 0.717) is 17.2 Å². The van der Waals surface area contributed by atoms with Gasteiger partial charge in [-0.05, 0) is 36.4 Å². The van der Waals surface area contributed by atoms with Gasteiger partial charge in [0.05, 0.1) is 0 Å². The molecule has 6 rings (SSSR count). The molecular formula is C27H18AlN3O3. The average molecular weight is 459 g/mol. The van der Waals surface area contributed by atoms with Gasteiger partial charge in [-0.2, -0.15) is 0 Å². The first-order chi connectivity index (χ1) is 16.8. The lowest BCUT2D eigenvalue weighted by Gasteiger charge is -2.18. The first-order valence-electron chi connectivity index (χ1n) is 10.9. The first-order valence-corrected chi connectivity index (χ1v) is 12.3. The summed E-state index contributed by atoms with van der Waals surface area (Å²) in [5.74, 6) is 1.82. The van der Waals surface area contributed by atoms with Crippen LogP contribution in [-0.4, -0.2) is 30.1 Å². The molecule has 7 heteroatoms. The number of pyridine rings is 3. The van der Waals surface area contributed by atoms with Crippen molar-refractivity contribution in [3.8, 4) is 17.2 Å². The standard InChI is InChI=1S/3C9H7NO.Al/c3*11-8-5-1-3-7-4-2-6-10-9(7)8;/h3*1-6,11H;/q;;;+3/p-3. The third-order valence-corrected chi connectivity index (χ3v) is 6.80. The molecule has 0 saturated heterocycles. The van der Waals surface area contributed by atoms with Gasteiger partial charge in [0.15, 0.2) is 0 Å². The van der Waals surface area contributed by atoms with Crippen molar-refractivity contribution in [2.24, 2.45) is 0 Å². The molecule has 0 aliphatic rings. The highest BCUT2D eigenvalue weighted by Gasteiger charge is 2.45. The molecule has 0 bridgehead atoms. The van der Waals surface area contributed by atoms with Gasteiger partial charge in [0.1, 0.15) is 33.8 Å². The number of hydrogen-bond acceptors (Lipinski definition) is 6. The number of rotatable bonds is 6. The third kappa shape index (κ3) is 3.99. The van der Waals surface area contributed by atoms with Gasteiger partial charge in [-0.25, -0.2) is 0 Å². The predicted molar refractivity (Wildman–Crippen MR) is 133 cm³/mol. The topological polar surface area (TPSA) is 66.4 Å². The van der Waals surface area contributed by atoms with Gasteiger partial charge in [-0.15, -0.1) is 0 Å². The maximum Gasteiger partial charge on any atom is 1.20 e. The molecule has 0 amide bonds. The van der Waals surface area contributed by atoms with Gasteiger partial charge in [-0.1, -0.05) is 54.6 Å². The molecule has 0 unspecified atom stereocenters. The average Bonchev–Trinajstić information content (AvgIpc) is 2.89. The summed E-state index contributed by atoms with van der Waals surface area (Å²) in [6, 6.07) is 29.1. The Labute approximate surface area is 200 Å². The lowest BCUT2D eigenvalue weighted by molar-refractivity contribution is 0.311. The maximum atomic E-state index is 6.41. The summed E-state index contributed by atoms with van der Waals surface area (Å²) in [6.45, 7) is 0. The summed E-state index contributed by atoms with van der Waals surface area (Å²) in [7, 11) is 0. The highest BCUT2D eigenvalue weighted by Crippen LogP contribution is 2.29. The fourth-order valence-corrected chi connectivity index (χ4v) is 5.23. The van der Waals surface area contributed by atoms with Crippen LogP contribution in [0.4, 0.5) is 0 Å². The van der Waals surface area contributed by atoms with Crippen molar-refractivity contribution in [3.63, 3.8) is 0 Å². The molecule has 0 spiro atoms. The zero-order chi connectivity index (χ0) is 22.7. The second-order valence-corrected chi connectivity index (χ2v) is 8.92. The van der Waals surface area contributed by atoms with Crippen molar-refractivity contribution in [3.05, 3.63) is 110 Å². The van der Waals surface area contributed by atoms with E-state index in [2.05, 4.69) is 15.0 Å². The van der Waals surface area contributed by atoms with Crippen LogP contribution in [0.2, 0.25) is 0 Å². The molecule has 0 atom stereocenters. The first kappa shape index (κ1) is 20.4. The number of benzene rings is 3. The van der Waals surface area contributed by atoms with Gasteiger partial charge < -0.3 is 11.4 Å². The van der Waals surface area contributed by atoms with Gasteiger partial charge >= 0.3 is 15.1 Å². The molecule has 0 aliphatic heterocycles. The molecule has 6 nitrogen and oxygen atoms in total. The van der Waals surface area contributed by atoms with E-state index in [9.17, 15) is 0 Å². The predicted octanol–water partition coefficient (Wildman–Crippen LogP) is 5.85. The molecule has 0 aliphatic carbocycles.